The smallest absolute Gasteiger partial charge is 0.117 e. The minimum Gasteiger partial charge on any atom is -0.244 e. The van der Waals surface area contributed by atoms with Crippen LogP contribution in [0.5, 0.6) is 0 Å². The van der Waals surface area contributed by atoms with Crippen LogP contribution in [0.25, 0.3) is 5.52 Å². The van der Waals surface area contributed by atoms with E-state index in [0.29, 0.717) is 0 Å². The van der Waals surface area contributed by atoms with Crippen LogP contribution >= 0.6 is 22.6 Å². The topological polar surface area (TPSA) is 30.2 Å². The molecule has 4 heteroatoms. The van der Waals surface area contributed by atoms with Crippen molar-refractivity contribution in [1.29, 1.82) is 0 Å². The molecule has 0 saturated carbocycles. The van der Waals surface area contributed by atoms with Gasteiger partial charge in [-0.2, -0.15) is 5.10 Å². The second kappa shape index (κ2) is 2.19. The maximum absolute atomic E-state index is 4.03. The van der Waals surface area contributed by atoms with Gasteiger partial charge in [-0.05, 0) is 28.7 Å². The normalized spacial score (nSPS) is 10.5. The lowest BCUT2D eigenvalue weighted by molar-refractivity contribution is 0.917. The summed E-state index contributed by atoms with van der Waals surface area (Å²) in [4.78, 5) is 3.98. The van der Waals surface area contributed by atoms with E-state index in [1.165, 1.54) is 0 Å². The van der Waals surface area contributed by atoms with E-state index in [-0.39, 0.29) is 0 Å². The summed E-state index contributed by atoms with van der Waals surface area (Å²) < 4.78 is 2.87. The van der Waals surface area contributed by atoms with E-state index >= 15 is 0 Å². The van der Waals surface area contributed by atoms with E-state index in [1.54, 1.807) is 17.0 Å². The summed E-state index contributed by atoms with van der Waals surface area (Å²) in [7, 11) is 0. The standard InChI is InChI=1S/C6H4IN3/c7-5-3-8-4-10-6(5)1-2-9-10/h1-4H. The van der Waals surface area contributed by atoms with Crippen molar-refractivity contribution < 1.29 is 0 Å². The molecule has 0 saturated heterocycles. The van der Waals surface area contributed by atoms with Gasteiger partial charge in [0.2, 0.25) is 0 Å². The molecule has 10 heavy (non-hydrogen) atoms. The quantitative estimate of drug-likeness (QED) is 0.655. The molecule has 2 rings (SSSR count). The first kappa shape index (κ1) is 6.09. The molecule has 3 nitrogen and oxygen atoms in total. The van der Waals surface area contributed by atoms with Gasteiger partial charge in [-0.1, -0.05) is 0 Å². The Morgan fingerprint density at radius 2 is 2.40 bits per heavy atom. The van der Waals surface area contributed by atoms with Crippen molar-refractivity contribution >= 4 is 28.1 Å². The Kier molecular flexibility index (Phi) is 1.33. The molecule has 0 N–H and O–H groups in total. The SMILES string of the molecule is Ic1cncn2nccc12. The third-order valence-electron chi connectivity index (χ3n) is 1.28. The first-order chi connectivity index (χ1) is 4.88. The zero-order valence-corrected chi connectivity index (χ0v) is 7.19. The van der Waals surface area contributed by atoms with Gasteiger partial charge in [0.1, 0.15) is 6.33 Å². The second-order valence-corrected chi connectivity index (χ2v) is 3.06. The molecular weight excluding hydrogens is 241 g/mol. The van der Waals surface area contributed by atoms with Gasteiger partial charge in [0.25, 0.3) is 0 Å². The van der Waals surface area contributed by atoms with Crippen LogP contribution in [-0.4, -0.2) is 14.6 Å². The highest BCUT2D eigenvalue weighted by atomic mass is 127. The van der Waals surface area contributed by atoms with E-state index in [4.69, 9.17) is 0 Å². The van der Waals surface area contributed by atoms with E-state index < -0.39 is 0 Å². The fourth-order valence-electron chi connectivity index (χ4n) is 0.823. The minimum absolute atomic E-state index is 1.11. The van der Waals surface area contributed by atoms with Crippen molar-refractivity contribution in [3.05, 3.63) is 28.4 Å². The molecule has 50 valence electrons. The molecule has 0 aromatic carbocycles. The van der Waals surface area contributed by atoms with Gasteiger partial charge in [-0.25, -0.2) is 9.50 Å². The van der Waals surface area contributed by atoms with E-state index in [0.717, 1.165) is 9.09 Å². The molecule has 2 aromatic rings. The molecule has 0 amide bonds. The molecule has 0 atom stereocenters. The zero-order chi connectivity index (χ0) is 6.97. The summed E-state index contributed by atoms with van der Waals surface area (Å²) in [5, 5.41) is 4.03. The highest BCUT2D eigenvalue weighted by molar-refractivity contribution is 14.1. The summed E-state index contributed by atoms with van der Waals surface area (Å²) >= 11 is 2.23. The molecular formula is C6H4IN3. The van der Waals surface area contributed by atoms with Crippen LogP contribution in [0.15, 0.2) is 24.8 Å². The van der Waals surface area contributed by atoms with Crippen molar-refractivity contribution in [3.8, 4) is 0 Å². The van der Waals surface area contributed by atoms with Crippen LogP contribution in [0.4, 0.5) is 0 Å². The average Bonchev–Trinajstić information content (AvgIpc) is 2.36. The van der Waals surface area contributed by atoms with Gasteiger partial charge in [-0.15, -0.1) is 0 Å². The predicted molar refractivity (Wildman–Crippen MR) is 45.7 cm³/mol. The molecule has 0 aliphatic heterocycles. The lowest BCUT2D eigenvalue weighted by Crippen LogP contribution is -1.89. The zero-order valence-electron chi connectivity index (χ0n) is 5.03. The Bertz CT molecular complexity index is 355. The molecule has 0 spiro atoms. The summed E-state index contributed by atoms with van der Waals surface area (Å²) in [6.07, 6.45) is 5.27. The van der Waals surface area contributed by atoms with Gasteiger partial charge in [0, 0.05) is 6.20 Å². The van der Waals surface area contributed by atoms with Gasteiger partial charge < -0.3 is 0 Å². The first-order valence-electron chi connectivity index (χ1n) is 2.81. The minimum atomic E-state index is 1.11. The molecule has 0 fully saturated rings. The Labute approximate surface area is 71.2 Å². The number of fused-ring (bicyclic) bond motifs is 1. The number of hydrogen-bond acceptors (Lipinski definition) is 2. The first-order valence-corrected chi connectivity index (χ1v) is 3.88. The molecule has 2 aromatic heterocycles. The number of nitrogens with zero attached hydrogens (tertiary/aromatic N) is 3. The second-order valence-electron chi connectivity index (χ2n) is 1.90. The van der Waals surface area contributed by atoms with Crippen LogP contribution in [0.1, 0.15) is 0 Å². The van der Waals surface area contributed by atoms with Crippen LogP contribution in [-0.2, 0) is 0 Å². The van der Waals surface area contributed by atoms with Crippen molar-refractivity contribution in [2.24, 2.45) is 0 Å². The fraction of sp³-hybridized carbons (Fsp3) is 0. The monoisotopic (exact) mass is 245 g/mol. The van der Waals surface area contributed by atoms with Crippen LogP contribution in [0, 0.1) is 3.57 Å². The van der Waals surface area contributed by atoms with E-state index in [2.05, 4.69) is 32.7 Å². The summed E-state index contributed by atoms with van der Waals surface area (Å²) in [6.45, 7) is 0. The van der Waals surface area contributed by atoms with Gasteiger partial charge in [0.05, 0.1) is 15.3 Å². The van der Waals surface area contributed by atoms with E-state index in [9.17, 15) is 0 Å². The van der Waals surface area contributed by atoms with Crippen molar-refractivity contribution in [2.45, 2.75) is 0 Å². The lowest BCUT2D eigenvalue weighted by Gasteiger charge is -1.91. The van der Waals surface area contributed by atoms with Crippen LogP contribution in [0.2, 0.25) is 0 Å². The number of rotatable bonds is 0. The molecule has 0 unspecified atom stereocenters. The molecule has 0 bridgehead atoms. The molecule has 0 aliphatic rings. The Morgan fingerprint density at radius 1 is 1.50 bits per heavy atom. The van der Waals surface area contributed by atoms with Gasteiger partial charge in [0.15, 0.2) is 0 Å². The summed E-state index contributed by atoms with van der Waals surface area (Å²) in [5.74, 6) is 0. The Balaban J connectivity index is 2.95. The van der Waals surface area contributed by atoms with Crippen LogP contribution in [0.3, 0.4) is 0 Å². The molecule has 0 aliphatic carbocycles. The third kappa shape index (κ3) is 0.792. The van der Waals surface area contributed by atoms with Crippen LogP contribution < -0.4 is 0 Å². The Hall–Kier alpha value is -0.650. The van der Waals surface area contributed by atoms with Crippen molar-refractivity contribution in [3.63, 3.8) is 0 Å². The molecule has 0 radical (unpaired) electrons. The van der Waals surface area contributed by atoms with Gasteiger partial charge >= 0.3 is 0 Å². The predicted octanol–water partition coefficient (Wildman–Crippen LogP) is 1.33. The summed E-state index contributed by atoms with van der Waals surface area (Å²) in [6, 6.07) is 1.96. The number of hydrogen-bond donors (Lipinski definition) is 0. The summed E-state index contributed by atoms with van der Waals surface area (Å²) in [5.41, 5.74) is 1.11. The van der Waals surface area contributed by atoms with Gasteiger partial charge in [-0.3, -0.25) is 0 Å². The highest BCUT2D eigenvalue weighted by Gasteiger charge is 1.95. The maximum atomic E-state index is 4.03. The Morgan fingerprint density at radius 3 is 3.20 bits per heavy atom. The fourth-order valence-corrected chi connectivity index (χ4v) is 1.41. The van der Waals surface area contributed by atoms with Crippen molar-refractivity contribution in [1.82, 2.24) is 14.6 Å². The maximum Gasteiger partial charge on any atom is 0.117 e. The largest absolute Gasteiger partial charge is 0.244 e. The number of aromatic nitrogens is 3. The van der Waals surface area contributed by atoms with E-state index in [1.807, 2.05) is 12.3 Å². The average molecular weight is 245 g/mol. The third-order valence-corrected chi connectivity index (χ3v) is 2.11. The number of halogens is 1. The molecule has 2 heterocycles. The highest BCUT2D eigenvalue weighted by Crippen LogP contribution is 2.09. The van der Waals surface area contributed by atoms with Crippen molar-refractivity contribution in [2.75, 3.05) is 0 Å². The lowest BCUT2D eigenvalue weighted by atomic mass is 10.5.